The van der Waals surface area contributed by atoms with Crippen molar-refractivity contribution in [2.75, 3.05) is 0 Å². The van der Waals surface area contributed by atoms with Crippen LogP contribution in [0.1, 0.15) is 41.0 Å². The van der Waals surface area contributed by atoms with Crippen molar-refractivity contribution in [3.8, 4) is 5.75 Å². The summed E-state index contributed by atoms with van der Waals surface area (Å²) in [6.45, 7) is 5.65. The van der Waals surface area contributed by atoms with E-state index in [0.717, 1.165) is 5.56 Å². The molecule has 0 aliphatic carbocycles. The smallest absolute Gasteiger partial charge is 0.349 e. The molecule has 0 atom stereocenters. The Morgan fingerprint density at radius 2 is 1.96 bits per heavy atom. The summed E-state index contributed by atoms with van der Waals surface area (Å²) in [5, 5.41) is 0. The molecular weight excluding hydrogens is 294 g/mol. The van der Waals surface area contributed by atoms with Crippen LogP contribution in [-0.4, -0.2) is 17.1 Å². The predicted molar refractivity (Wildman–Crippen MR) is 87.3 cm³/mol. The van der Waals surface area contributed by atoms with E-state index < -0.39 is 11.5 Å². The molecule has 0 radical (unpaired) electrons. The Labute approximate surface area is 133 Å². The lowest BCUT2D eigenvalue weighted by atomic mass is 10.1. The Hall–Kier alpha value is -2.82. The van der Waals surface area contributed by atoms with Crippen molar-refractivity contribution in [2.45, 2.75) is 26.9 Å². The highest BCUT2D eigenvalue weighted by Gasteiger charge is 2.30. The average Bonchev–Trinajstić information content (AvgIpc) is 2.77. The van der Waals surface area contributed by atoms with Crippen molar-refractivity contribution in [1.82, 2.24) is 4.98 Å². The molecule has 0 saturated heterocycles. The number of H-pyrrole nitrogens is 1. The topological polar surface area (TPSA) is 68.4 Å². The first-order chi connectivity index (χ1) is 11.0. The number of rotatable bonds is 3. The molecular formula is C18H17NO4. The number of hydrogen-bond donors (Lipinski definition) is 1. The minimum Gasteiger partial charge on any atom is -0.490 e. The van der Waals surface area contributed by atoms with E-state index in [9.17, 15) is 9.59 Å². The van der Waals surface area contributed by atoms with E-state index in [-0.39, 0.29) is 11.7 Å². The third-order valence-electron chi connectivity index (χ3n) is 3.41. The van der Waals surface area contributed by atoms with Gasteiger partial charge >= 0.3 is 5.97 Å². The van der Waals surface area contributed by atoms with E-state index in [1.165, 1.54) is 0 Å². The first kappa shape index (κ1) is 15.1. The molecule has 5 nitrogen and oxygen atoms in total. The second kappa shape index (κ2) is 5.76. The van der Waals surface area contributed by atoms with Crippen LogP contribution in [0.25, 0.3) is 11.8 Å². The molecule has 0 spiro atoms. The van der Waals surface area contributed by atoms with Crippen LogP contribution < -0.4 is 10.3 Å². The van der Waals surface area contributed by atoms with Gasteiger partial charge in [0.15, 0.2) is 0 Å². The number of carbonyl (C=O) groups is 1. The maximum atomic E-state index is 11.9. The van der Waals surface area contributed by atoms with E-state index in [4.69, 9.17) is 9.47 Å². The number of aromatic nitrogens is 1. The van der Waals surface area contributed by atoms with E-state index >= 15 is 0 Å². The monoisotopic (exact) mass is 311 g/mol. The summed E-state index contributed by atoms with van der Waals surface area (Å²) in [7, 11) is 0. The van der Waals surface area contributed by atoms with Gasteiger partial charge in [-0.1, -0.05) is 18.2 Å². The number of hydrogen-bond acceptors (Lipinski definition) is 4. The lowest BCUT2D eigenvalue weighted by Gasteiger charge is -2.12. The van der Waals surface area contributed by atoms with E-state index in [1.807, 2.05) is 38.1 Å². The lowest BCUT2D eigenvalue weighted by molar-refractivity contribution is 0.0715. The number of nitrogens with one attached hydrogen (secondary N) is 1. The van der Waals surface area contributed by atoms with Crippen LogP contribution in [0.2, 0.25) is 0 Å². The van der Waals surface area contributed by atoms with Gasteiger partial charge in [0.1, 0.15) is 17.1 Å². The molecule has 1 aliphatic heterocycles. The van der Waals surface area contributed by atoms with Crippen LogP contribution >= 0.6 is 0 Å². The van der Waals surface area contributed by atoms with Crippen molar-refractivity contribution >= 4 is 17.8 Å². The van der Waals surface area contributed by atoms with Crippen molar-refractivity contribution < 1.29 is 14.3 Å². The third kappa shape index (κ3) is 2.90. The zero-order chi connectivity index (χ0) is 16.6. The summed E-state index contributed by atoms with van der Waals surface area (Å²) in [6.07, 6.45) is 1.75. The molecule has 0 bridgehead atoms. The highest BCUT2D eigenvalue weighted by Crippen LogP contribution is 2.32. The van der Waals surface area contributed by atoms with Crippen LogP contribution in [0.3, 0.4) is 0 Å². The Morgan fingerprint density at radius 1 is 1.22 bits per heavy atom. The van der Waals surface area contributed by atoms with Gasteiger partial charge in [-0.2, -0.15) is 0 Å². The summed E-state index contributed by atoms with van der Waals surface area (Å²) in [4.78, 5) is 26.5. The van der Waals surface area contributed by atoms with Gasteiger partial charge in [-0.25, -0.2) is 4.79 Å². The number of aryl methyl sites for hydroxylation is 1. The number of para-hydroxylation sites is 1. The highest BCUT2D eigenvalue weighted by atomic mass is 16.5. The van der Waals surface area contributed by atoms with Crippen molar-refractivity contribution in [2.24, 2.45) is 0 Å². The van der Waals surface area contributed by atoms with Gasteiger partial charge in [0.2, 0.25) is 0 Å². The van der Waals surface area contributed by atoms with Gasteiger partial charge in [0.25, 0.3) is 5.56 Å². The second-order valence-electron chi connectivity index (χ2n) is 5.67. The molecule has 0 fully saturated rings. The molecule has 3 rings (SSSR count). The van der Waals surface area contributed by atoms with Gasteiger partial charge in [0.05, 0.1) is 6.10 Å². The van der Waals surface area contributed by atoms with Crippen LogP contribution in [0.4, 0.5) is 0 Å². The minimum atomic E-state index is -0.630. The Morgan fingerprint density at radius 3 is 2.70 bits per heavy atom. The molecule has 1 aliphatic rings. The zero-order valence-electron chi connectivity index (χ0n) is 13.2. The average molecular weight is 311 g/mol. The molecule has 1 aromatic heterocycles. The maximum Gasteiger partial charge on any atom is 0.349 e. The fourth-order valence-electron chi connectivity index (χ4n) is 2.50. The van der Waals surface area contributed by atoms with Crippen molar-refractivity contribution in [1.29, 1.82) is 0 Å². The SMILES string of the molecule is Cc1cc2c(c(=O)[nH]1)C(=O)O/C2=C/c1ccccc1OC(C)C. The molecule has 0 unspecified atom stereocenters. The Balaban J connectivity index is 2.11. The first-order valence-corrected chi connectivity index (χ1v) is 7.39. The van der Waals surface area contributed by atoms with Crippen molar-refractivity contribution in [3.05, 3.63) is 63.1 Å². The minimum absolute atomic E-state index is 0.0260. The number of esters is 1. The molecule has 2 aromatic rings. The number of ether oxygens (including phenoxy) is 2. The molecule has 118 valence electrons. The Kier molecular flexibility index (Phi) is 3.78. The second-order valence-corrected chi connectivity index (χ2v) is 5.67. The van der Waals surface area contributed by atoms with Gasteiger partial charge in [0, 0.05) is 16.8 Å². The fourth-order valence-corrected chi connectivity index (χ4v) is 2.50. The maximum absolute atomic E-state index is 11.9. The summed E-state index contributed by atoms with van der Waals surface area (Å²) in [5.41, 5.74) is 1.58. The number of benzene rings is 1. The molecule has 0 amide bonds. The number of pyridine rings is 1. The Bertz CT molecular complexity index is 862. The molecule has 1 aromatic carbocycles. The highest BCUT2D eigenvalue weighted by molar-refractivity contribution is 6.05. The number of cyclic esters (lactones) is 1. The van der Waals surface area contributed by atoms with Crippen LogP contribution in [0, 0.1) is 6.92 Å². The first-order valence-electron chi connectivity index (χ1n) is 7.39. The van der Waals surface area contributed by atoms with E-state index in [2.05, 4.69) is 4.98 Å². The molecule has 5 heteroatoms. The summed E-state index contributed by atoms with van der Waals surface area (Å²) < 4.78 is 11.0. The number of fused-ring (bicyclic) bond motifs is 1. The van der Waals surface area contributed by atoms with Crippen LogP contribution in [0.5, 0.6) is 5.75 Å². The number of aromatic amines is 1. The van der Waals surface area contributed by atoms with Gasteiger partial charge in [-0.3, -0.25) is 4.79 Å². The number of carbonyl (C=O) groups excluding carboxylic acids is 1. The quantitative estimate of drug-likeness (QED) is 0.884. The van der Waals surface area contributed by atoms with Crippen LogP contribution in [-0.2, 0) is 4.74 Å². The molecule has 0 saturated carbocycles. The fraction of sp³-hybridized carbons (Fsp3) is 0.222. The summed E-state index contributed by atoms with van der Waals surface area (Å²) in [5.74, 6) is 0.426. The molecule has 1 N–H and O–H groups in total. The molecule has 23 heavy (non-hydrogen) atoms. The largest absolute Gasteiger partial charge is 0.490 e. The van der Waals surface area contributed by atoms with Gasteiger partial charge < -0.3 is 14.5 Å². The standard InChI is InChI=1S/C18H17NO4/c1-10(2)22-14-7-5-4-6-12(14)9-15-13-8-11(3)19-17(20)16(13)18(21)23-15/h4-10H,1-3H3,(H,19,20)/b15-9+. The van der Waals surface area contributed by atoms with Crippen molar-refractivity contribution in [3.63, 3.8) is 0 Å². The summed E-state index contributed by atoms with van der Waals surface area (Å²) in [6, 6.07) is 9.21. The zero-order valence-corrected chi connectivity index (χ0v) is 13.2. The van der Waals surface area contributed by atoms with E-state index in [0.29, 0.717) is 22.8 Å². The molecule has 2 heterocycles. The van der Waals surface area contributed by atoms with Gasteiger partial charge in [-0.05, 0) is 39.0 Å². The van der Waals surface area contributed by atoms with Crippen LogP contribution in [0.15, 0.2) is 35.1 Å². The summed E-state index contributed by atoms with van der Waals surface area (Å²) >= 11 is 0. The normalized spacial score (nSPS) is 15.0. The van der Waals surface area contributed by atoms with E-state index in [1.54, 1.807) is 19.1 Å². The lowest BCUT2D eigenvalue weighted by Crippen LogP contribution is -2.16. The van der Waals surface area contributed by atoms with Gasteiger partial charge in [-0.15, -0.1) is 0 Å². The third-order valence-corrected chi connectivity index (χ3v) is 3.41. The predicted octanol–water partition coefficient (Wildman–Crippen LogP) is 3.14.